The summed E-state index contributed by atoms with van der Waals surface area (Å²) >= 11 is 0. The van der Waals surface area contributed by atoms with Gasteiger partial charge >= 0.3 is 5.97 Å². The highest BCUT2D eigenvalue weighted by Gasteiger charge is 2.43. The first-order valence-corrected chi connectivity index (χ1v) is 9.93. The number of hydrogen-bond donors (Lipinski definition) is 3. The van der Waals surface area contributed by atoms with Crippen LogP contribution >= 0.6 is 0 Å². The molecule has 1 aliphatic rings. The van der Waals surface area contributed by atoms with Crippen LogP contribution < -0.4 is 5.73 Å². The monoisotopic (exact) mass is 402 g/mol. The molecule has 0 saturated carbocycles. The zero-order valence-electron chi connectivity index (χ0n) is 16.7. The number of rotatable bonds is 5. The fourth-order valence-electron chi connectivity index (χ4n) is 3.55. The second-order valence-electron chi connectivity index (χ2n) is 7.24. The zero-order chi connectivity index (χ0) is 21.4. The van der Waals surface area contributed by atoms with Crippen LogP contribution in [0.3, 0.4) is 0 Å². The Labute approximate surface area is 176 Å². The molecule has 5 nitrogen and oxygen atoms in total. The van der Waals surface area contributed by atoms with E-state index in [1.807, 2.05) is 36.4 Å². The highest BCUT2D eigenvalue weighted by atomic mass is 16.4. The molecule has 0 radical (unpaired) electrons. The average molecular weight is 402 g/mol. The van der Waals surface area contributed by atoms with Gasteiger partial charge in [-0.15, -0.1) is 0 Å². The molecule has 3 aromatic rings. The fraction of sp³-hybridized carbons (Fsp3) is 0.200. The largest absolute Gasteiger partial charge is 0.508 e. The number of benzene rings is 3. The van der Waals surface area contributed by atoms with Crippen LogP contribution in [0.2, 0.25) is 0 Å². The number of phenolic OH excluding ortho intramolecular Hbond substituents is 1. The van der Waals surface area contributed by atoms with E-state index in [0.717, 1.165) is 6.42 Å². The molecule has 4 rings (SSSR count). The Morgan fingerprint density at radius 1 is 0.967 bits per heavy atom. The second-order valence-corrected chi connectivity index (χ2v) is 7.24. The average Bonchev–Trinajstić information content (AvgIpc) is 3.27. The number of aliphatic carboxylic acids is 1. The van der Waals surface area contributed by atoms with E-state index in [1.165, 1.54) is 17.2 Å². The highest BCUT2D eigenvalue weighted by Crippen LogP contribution is 2.39. The van der Waals surface area contributed by atoms with Crippen LogP contribution in [0.25, 0.3) is 0 Å². The minimum atomic E-state index is -1.29. The van der Waals surface area contributed by atoms with Crippen molar-refractivity contribution in [2.45, 2.75) is 30.8 Å². The van der Waals surface area contributed by atoms with Crippen molar-refractivity contribution < 1.29 is 15.0 Å². The Balaban J connectivity index is 0.000000171. The summed E-state index contributed by atoms with van der Waals surface area (Å²) in [7, 11) is 0. The summed E-state index contributed by atoms with van der Waals surface area (Å²) < 4.78 is 0. The first-order chi connectivity index (χ1) is 14.5. The van der Waals surface area contributed by atoms with Crippen molar-refractivity contribution in [3.05, 3.63) is 102 Å². The third kappa shape index (κ3) is 4.93. The van der Waals surface area contributed by atoms with E-state index in [1.54, 1.807) is 24.4 Å². The van der Waals surface area contributed by atoms with Gasteiger partial charge in [-0.05, 0) is 36.5 Å². The standard InChI is InChI=1S/C14H15N.C11H11NO3/c15-14(13-9-5-2-6-10-13)11-12-7-3-1-4-8-12;13-9-5-2-1-4-8(9)11(10(14)15)6-3-7-12-11/h1-10,14H,11,15H2;1-2,4-5,7,13H,3,6H2,(H,14,15). The summed E-state index contributed by atoms with van der Waals surface area (Å²) in [5.41, 5.74) is 7.69. The normalized spacial score (nSPS) is 18.3. The third-order valence-corrected chi connectivity index (χ3v) is 5.18. The summed E-state index contributed by atoms with van der Waals surface area (Å²) in [6.45, 7) is 0. The van der Waals surface area contributed by atoms with Gasteiger partial charge in [0.2, 0.25) is 0 Å². The van der Waals surface area contributed by atoms with Gasteiger partial charge in [0.1, 0.15) is 5.75 Å². The number of nitrogens with two attached hydrogens (primary N) is 1. The minimum absolute atomic E-state index is 0.0149. The number of carboxylic acids is 1. The number of phenols is 1. The lowest BCUT2D eigenvalue weighted by Gasteiger charge is -2.22. The number of nitrogens with zero attached hydrogens (tertiary/aromatic N) is 1. The fourth-order valence-corrected chi connectivity index (χ4v) is 3.55. The Bertz CT molecular complexity index is 990. The molecule has 30 heavy (non-hydrogen) atoms. The van der Waals surface area contributed by atoms with Crippen LogP contribution in [-0.2, 0) is 16.8 Å². The number of aliphatic imine (C=N–C) groups is 1. The SMILES string of the molecule is NC(Cc1ccccc1)c1ccccc1.O=C(O)C1(c2ccccc2O)CCC=N1. The number of para-hydroxylation sites is 1. The molecule has 0 aromatic heterocycles. The summed E-state index contributed by atoms with van der Waals surface area (Å²) in [6, 6.07) is 27.1. The second kappa shape index (κ2) is 9.85. The van der Waals surface area contributed by atoms with Gasteiger partial charge in [-0.2, -0.15) is 0 Å². The summed E-state index contributed by atoms with van der Waals surface area (Å²) in [4.78, 5) is 15.3. The number of hydrogen-bond acceptors (Lipinski definition) is 4. The predicted octanol–water partition coefficient (Wildman–Crippen LogP) is 4.47. The van der Waals surface area contributed by atoms with Crippen molar-refractivity contribution >= 4 is 12.2 Å². The molecule has 154 valence electrons. The van der Waals surface area contributed by atoms with Crippen LogP contribution in [0.1, 0.15) is 35.6 Å². The van der Waals surface area contributed by atoms with E-state index < -0.39 is 11.5 Å². The van der Waals surface area contributed by atoms with Crippen molar-refractivity contribution in [3.8, 4) is 5.75 Å². The topological polar surface area (TPSA) is 95.9 Å². The highest BCUT2D eigenvalue weighted by molar-refractivity contribution is 5.86. The lowest BCUT2D eigenvalue weighted by molar-refractivity contribution is -0.143. The van der Waals surface area contributed by atoms with Crippen LogP contribution in [0.15, 0.2) is 89.9 Å². The lowest BCUT2D eigenvalue weighted by Crippen LogP contribution is -2.31. The van der Waals surface area contributed by atoms with Crippen molar-refractivity contribution in [2.75, 3.05) is 0 Å². The lowest BCUT2D eigenvalue weighted by atomic mass is 9.87. The summed E-state index contributed by atoms with van der Waals surface area (Å²) in [6.07, 6.45) is 3.52. The maximum Gasteiger partial charge on any atom is 0.336 e. The van der Waals surface area contributed by atoms with Gasteiger partial charge in [-0.25, -0.2) is 4.79 Å². The van der Waals surface area contributed by atoms with E-state index >= 15 is 0 Å². The molecule has 5 heteroatoms. The van der Waals surface area contributed by atoms with Crippen molar-refractivity contribution in [1.29, 1.82) is 0 Å². The van der Waals surface area contributed by atoms with Gasteiger partial charge in [-0.1, -0.05) is 78.9 Å². The molecule has 1 aliphatic heterocycles. The molecule has 2 atom stereocenters. The zero-order valence-corrected chi connectivity index (χ0v) is 16.7. The molecule has 2 unspecified atom stereocenters. The minimum Gasteiger partial charge on any atom is -0.508 e. The Morgan fingerprint density at radius 3 is 2.13 bits per heavy atom. The summed E-state index contributed by atoms with van der Waals surface area (Å²) in [5.74, 6) is -1.03. The van der Waals surface area contributed by atoms with Gasteiger partial charge < -0.3 is 15.9 Å². The van der Waals surface area contributed by atoms with Crippen LogP contribution in [-0.4, -0.2) is 22.4 Å². The van der Waals surface area contributed by atoms with Gasteiger partial charge in [0.05, 0.1) is 0 Å². The molecular weight excluding hydrogens is 376 g/mol. The molecule has 1 heterocycles. The van der Waals surface area contributed by atoms with E-state index in [0.29, 0.717) is 18.4 Å². The maximum atomic E-state index is 11.3. The number of aromatic hydroxyl groups is 1. The quantitative estimate of drug-likeness (QED) is 0.587. The molecule has 0 amide bonds. The van der Waals surface area contributed by atoms with Crippen molar-refractivity contribution in [2.24, 2.45) is 10.7 Å². The van der Waals surface area contributed by atoms with Gasteiger partial charge in [0.25, 0.3) is 0 Å². The van der Waals surface area contributed by atoms with Crippen LogP contribution in [0.5, 0.6) is 5.75 Å². The molecule has 0 saturated heterocycles. The molecule has 4 N–H and O–H groups in total. The summed E-state index contributed by atoms with van der Waals surface area (Å²) in [5, 5.41) is 18.9. The van der Waals surface area contributed by atoms with Crippen LogP contribution in [0, 0.1) is 0 Å². The Hall–Kier alpha value is -3.44. The first kappa shape index (κ1) is 21.3. The maximum absolute atomic E-state index is 11.3. The molecule has 3 aromatic carbocycles. The van der Waals surface area contributed by atoms with E-state index in [9.17, 15) is 15.0 Å². The first-order valence-electron chi connectivity index (χ1n) is 9.93. The van der Waals surface area contributed by atoms with Crippen molar-refractivity contribution in [3.63, 3.8) is 0 Å². The Kier molecular flexibility index (Phi) is 6.99. The van der Waals surface area contributed by atoms with Gasteiger partial charge in [-0.3, -0.25) is 4.99 Å². The van der Waals surface area contributed by atoms with E-state index in [4.69, 9.17) is 5.73 Å². The van der Waals surface area contributed by atoms with Gasteiger partial charge in [0.15, 0.2) is 5.54 Å². The van der Waals surface area contributed by atoms with E-state index in [2.05, 4.69) is 29.3 Å². The molecule has 0 bridgehead atoms. The third-order valence-electron chi connectivity index (χ3n) is 5.18. The van der Waals surface area contributed by atoms with Crippen LogP contribution in [0.4, 0.5) is 0 Å². The molecular formula is C25H26N2O3. The predicted molar refractivity (Wildman–Crippen MR) is 119 cm³/mol. The van der Waals surface area contributed by atoms with E-state index in [-0.39, 0.29) is 11.8 Å². The Morgan fingerprint density at radius 2 is 1.57 bits per heavy atom. The number of carboxylic acid groups (broad SMARTS) is 1. The number of carbonyl (C=O) groups is 1. The van der Waals surface area contributed by atoms with Crippen molar-refractivity contribution in [1.82, 2.24) is 0 Å². The molecule has 0 spiro atoms. The molecule has 0 fully saturated rings. The smallest absolute Gasteiger partial charge is 0.336 e. The van der Waals surface area contributed by atoms with Gasteiger partial charge in [0, 0.05) is 17.8 Å². The molecule has 0 aliphatic carbocycles.